The van der Waals surface area contributed by atoms with Crippen molar-refractivity contribution in [3.63, 3.8) is 0 Å². The summed E-state index contributed by atoms with van der Waals surface area (Å²) in [4.78, 5) is 33.1. The predicted octanol–water partition coefficient (Wildman–Crippen LogP) is 2.89. The smallest absolute Gasteiger partial charge is 0.332 e. The molecule has 3 rings (SSSR count). The molecule has 0 aliphatic rings. The lowest BCUT2D eigenvalue weighted by molar-refractivity contribution is 0.394. The molecule has 0 saturated carbocycles. The van der Waals surface area contributed by atoms with Crippen LogP contribution in [0.1, 0.15) is 38.1 Å². The van der Waals surface area contributed by atoms with Gasteiger partial charge in [-0.15, -0.1) is 0 Å². The fourth-order valence-electron chi connectivity index (χ4n) is 3.21. The van der Waals surface area contributed by atoms with Crippen molar-refractivity contribution in [2.75, 3.05) is 14.2 Å². The number of fused-ring (bicyclic) bond motifs is 1. The Morgan fingerprint density at radius 2 is 1.59 bits per heavy atom. The summed E-state index contributed by atoms with van der Waals surface area (Å²) in [7, 11) is 3.19. The number of nitrogens with zero attached hydrogens (tertiary/aromatic N) is 3. The van der Waals surface area contributed by atoms with Crippen molar-refractivity contribution in [1.29, 1.82) is 0 Å². The molecule has 0 radical (unpaired) electrons. The minimum absolute atomic E-state index is 0.314. The van der Waals surface area contributed by atoms with Crippen LogP contribution in [0, 0.1) is 0 Å². The highest BCUT2D eigenvalue weighted by Crippen LogP contribution is 2.23. The number of hydrogen-bond donors (Lipinski definition) is 1. The van der Waals surface area contributed by atoms with E-state index in [1.54, 1.807) is 30.9 Å². The molecule has 8 heteroatoms. The molecule has 0 bridgehead atoms. The number of methoxy groups -OCH3 is 2. The first-order valence-corrected chi connectivity index (χ1v) is 9.66. The topological polar surface area (TPSA) is 91.1 Å². The van der Waals surface area contributed by atoms with Crippen LogP contribution in [0.4, 0.5) is 0 Å². The summed E-state index contributed by atoms with van der Waals surface area (Å²) in [6.07, 6.45) is 5.07. The third-order valence-corrected chi connectivity index (χ3v) is 4.58. The van der Waals surface area contributed by atoms with Crippen LogP contribution in [-0.4, -0.2) is 33.3 Å². The second-order valence-corrected chi connectivity index (χ2v) is 6.69. The molecule has 154 valence electrons. The number of ether oxygens (including phenoxy) is 2. The number of aromatic nitrogens is 4. The maximum Gasteiger partial charge on any atom is 0.332 e. The van der Waals surface area contributed by atoms with Gasteiger partial charge in [-0.05, 0) is 36.6 Å². The van der Waals surface area contributed by atoms with E-state index in [4.69, 9.17) is 9.47 Å². The lowest BCUT2D eigenvalue weighted by Gasteiger charge is -2.09. The quantitative estimate of drug-likeness (QED) is 0.630. The Morgan fingerprint density at radius 1 is 0.966 bits per heavy atom. The van der Waals surface area contributed by atoms with E-state index in [0.717, 1.165) is 12.0 Å². The maximum absolute atomic E-state index is 12.8. The lowest BCUT2D eigenvalue weighted by Crippen LogP contribution is -2.40. The van der Waals surface area contributed by atoms with Gasteiger partial charge in [-0.1, -0.05) is 19.9 Å². The first kappa shape index (κ1) is 20.4. The van der Waals surface area contributed by atoms with Gasteiger partial charge in [0, 0.05) is 19.2 Å². The number of hydrogen-bond acceptors (Lipinski definition) is 5. The Hall–Kier alpha value is -3.29. The monoisotopic (exact) mass is 398 g/mol. The van der Waals surface area contributed by atoms with E-state index in [-0.39, 0.29) is 11.2 Å². The Kier molecular flexibility index (Phi) is 6.21. The number of nitrogens with one attached hydrogen (secondary N) is 1. The van der Waals surface area contributed by atoms with Gasteiger partial charge in [0.05, 0.1) is 14.2 Å². The van der Waals surface area contributed by atoms with Gasteiger partial charge in [-0.25, -0.2) is 9.78 Å². The van der Waals surface area contributed by atoms with Crippen LogP contribution in [0.2, 0.25) is 0 Å². The molecule has 0 aliphatic carbocycles. The van der Waals surface area contributed by atoms with E-state index in [2.05, 4.69) is 9.97 Å². The van der Waals surface area contributed by atoms with Gasteiger partial charge in [0.1, 0.15) is 22.8 Å². The van der Waals surface area contributed by atoms with E-state index >= 15 is 0 Å². The first-order valence-electron chi connectivity index (χ1n) is 9.66. The molecule has 0 aliphatic heterocycles. The van der Waals surface area contributed by atoms with Gasteiger partial charge in [0.15, 0.2) is 5.65 Å². The summed E-state index contributed by atoms with van der Waals surface area (Å²) < 4.78 is 13.4. The Bertz CT molecular complexity index is 1130. The molecular weight excluding hydrogens is 372 g/mol. The van der Waals surface area contributed by atoms with E-state index in [0.29, 0.717) is 48.0 Å². The number of rotatable bonds is 8. The molecule has 0 fully saturated rings. The molecule has 0 atom stereocenters. The molecule has 0 spiro atoms. The second kappa shape index (κ2) is 8.81. The van der Waals surface area contributed by atoms with E-state index < -0.39 is 0 Å². The highest BCUT2D eigenvalue weighted by Gasteiger charge is 2.15. The first-order chi connectivity index (χ1) is 14.0. The number of benzene rings is 1. The minimum Gasteiger partial charge on any atom is -0.497 e. The number of imidazole rings is 1. The molecule has 0 unspecified atom stereocenters. The van der Waals surface area contributed by atoms with Gasteiger partial charge in [-0.2, -0.15) is 0 Å². The Labute approximate surface area is 168 Å². The molecule has 3 aromatic rings. The fourth-order valence-corrected chi connectivity index (χ4v) is 3.21. The van der Waals surface area contributed by atoms with Crippen molar-refractivity contribution in [2.45, 2.75) is 39.8 Å². The molecule has 1 aromatic carbocycles. The summed E-state index contributed by atoms with van der Waals surface area (Å²) in [6.45, 7) is 4.80. The summed E-state index contributed by atoms with van der Waals surface area (Å²) in [5, 5.41) is 0. The highest BCUT2D eigenvalue weighted by atomic mass is 16.5. The second-order valence-electron chi connectivity index (χ2n) is 6.69. The average Bonchev–Trinajstić information content (AvgIpc) is 3.16. The SMILES string of the molecule is CCCn1c(=O)c2[nH]c(/C=C/c3cc(OC)cc(OC)c3)nc2n(CCC)c1=O. The van der Waals surface area contributed by atoms with Gasteiger partial charge in [0.25, 0.3) is 5.56 Å². The van der Waals surface area contributed by atoms with Crippen molar-refractivity contribution in [3.8, 4) is 11.5 Å². The third-order valence-electron chi connectivity index (χ3n) is 4.58. The van der Waals surface area contributed by atoms with E-state index in [1.807, 2.05) is 32.1 Å². The van der Waals surface area contributed by atoms with Gasteiger partial charge < -0.3 is 14.5 Å². The summed E-state index contributed by atoms with van der Waals surface area (Å²) >= 11 is 0. The molecule has 2 heterocycles. The van der Waals surface area contributed by atoms with Crippen molar-refractivity contribution in [1.82, 2.24) is 19.1 Å². The average molecular weight is 398 g/mol. The molecule has 8 nitrogen and oxygen atoms in total. The molecule has 0 amide bonds. The standard InChI is InChI=1S/C21H26N4O4/c1-5-9-24-19-18(20(26)25(10-6-2)21(24)27)22-17(23-19)8-7-14-11-15(28-3)13-16(12-14)29-4/h7-8,11-13H,5-6,9-10H2,1-4H3,(H,22,23)/b8-7+. The van der Waals surface area contributed by atoms with Gasteiger partial charge in [-0.3, -0.25) is 13.9 Å². The fraction of sp³-hybridized carbons (Fsp3) is 0.381. The molecular formula is C21H26N4O4. The summed E-state index contributed by atoms with van der Waals surface area (Å²) in [6, 6.07) is 5.52. The highest BCUT2D eigenvalue weighted by molar-refractivity contribution is 5.76. The normalized spacial score (nSPS) is 11.4. The molecule has 2 aromatic heterocycles. The van der Waals surface area contributed by atoms with Gasteiger partial charge >= 0.3 is 5.69 Å². The predicted molar refractivity (Wildman–Crippen MR) is 114 cm³/mol. The Morgan fingerprint density at radius 3 is 2.17 bits per heavy atom. The number of aromatic amines is 1. The molecule has 29 heavy (non-hydrogen) atoms. The van der Waals surface area contributed by atoms with Crippen molar-refractivity contribution < 1.29 is 9.47 Å². The summed E-state index contributed by atoms with van der Waals surface area (Å²) in [5.41, 5.74) is 0.933. The van der Waals surface area contributed by atoms with Gasteiger partial charge in [0.2, 0.25) is 0 Å². The molecule has 1 N–H and O–H groups in total. The number of H-pyrrole nitrogens is 1. The summed E-state index contributed by atoms with van der Waals surface area (Å²) in [5.74, 6) is 1.85. The van der Waals surface area contributed by atoms with Crippen LogP contribution in [0.25, 0.3) is 23.3 Å². The minimum atomic E-state index is -0.339. The van der Waals surface area contributed by atoms with Crippen molar-refractivity contribution >= 4 is 23.3 Å². The van der Waals surface area contributed by atoms with Crippen LogP contribution >= 0.6 is 0 Å². The lowest BCUT2D eigenvalue weighted by atomic mass is 10.2. The van der Waals surface area contributed by atoms with E-state index in [1.165, 1.54) is 4.57 Å². The largest absolute Gasteiger partial charge is 0.497 e. The van der Waals surface area contributed by atoms with Crippen LogP contribution in [0.5, 0.6) is 11.5 Å². The zero-order chi connectivity index (χ0) is 21.0. The van der Waals surface area contributed by atoms with Crippen molar-refractivity contribution in [3.05, 3.63) is 50.4 Å². The third kappa shape index (κ3) is 4.11. The van der Waals surface area contributed by atoms with Crippen LogP contribution in [-0.2, 0) is 13.1 Å². The maximum atomic E-state index is 12.8. The van der Waals surface area contributed by atoms with Crippen LogP contribution < -0.4 is 20.7 Å². The van der Waals surface area contributed by atoms with Crippen molar-refractivity contribution in [2.24, 2.45) is 0 Å². The van der Waals surface area contributed by atoms with E-state index in [9.17, 15) is 9.59 Å². The zero-order valence-corrected chi connectivity index (χ0v) is 17.2. The van der Waals surface area contributed by atoms with Crippen LogP contribution in [0.15, 0.2) is 27.8 Å². The zero-order valence-electron chi connectivity index (χ0n) is 17.2. The molecule has 0 saturated heterocycles. The van der Waals surface area contributed by atoms with Crippen LogP contribution in [0.3, 0.4) is 0 Å². The number of aryl methyl sites for hydroxylation is 1. The Balaban J connectivity index is 2.09.